The van der Waals surface area contributed by atoms with Gasteiger partial charge in [-0.1, -0.05) is 142 Å². The molecule has 72 heavy (non-hydrogen) atoms. The highest BCUT2D eigenvalue weighted by Crippen LogP contribution is 2.45. The Morgan fingerprint density at radius 2 is 0.819 bits per heavy atom. The largest absolute Gasteiger partial charge is 0.312 e. The van der Waals surface area contributed by atoms with Crippen molar-refractivity contribution in [2.24, 2.45) is 0 Å². The molecule has 8 aromatic carbocycles. The summed E-state index contributed by atoms with van der Waals surface area (Å²) < 4.78 is 4.76. The molecule has 1 aliphatic rings. The second-order valence-corrected chi connectivity index (χ2v) is 20.6. The molecule has 0 bridgehead atoms. The summed E-state index contributed by atoms with van der Waals surface area (Å²) in [5.41, 5.74) is 29.5. The van der Waals surface area contributed by atoms with Crippen LogP contribution in [0.3, 0.4) is 0 Å². The van der Waals surface area contributed by atoms with Crippen LogP contribution in [0.1, 0.15) is 73.3 Å². The van der Waals surface area contributed by atoms with Gasteiger partial charge in [0.1, 0.15) is 11.6 Å². The van der Waals surface area contributed by atoms with Crippen molar-refractivity contribution in [2.75, 3.05) is 0 Å². The van der Waals surface area contributed by atoms with Crippen LogP contribution in [0.25, 0.3) is 100 Å². The summed E-state index contributed by atoms with van der Waals surface area (Å²) in [6.45, 7) is 17.4. The highest BCUT2D eigenvalue weighted by molar-refractivity contribution is 6.12. The maximum absolute atomic E-state index is 11.9. The van der Waals surface area contributed by atoms with Crippen LogP contribution < -0.4 is 0 Å². The van der Waals surface area contributed by atoms with Crippen molar-refractivity contribution >= 4 is 44.4 Å². The third-order valence-corrected chi connectivity index (χ3v) is 14.8. The van der Waals surface area contributed by atoms with Gasteiger partial charge in [-0.15, -0.1) is 0 Å². The monoisotopic (exact) mass is 928 g/mol. The van der Waals surface area contributed by atoms with E-state index in [2.05, 4.69) is 227 Å². The Morgan fingerprint density at radius 1 is 0.403 bits per heavy atom. The highest BCUT2D eigenvalue weighted by Gasteiger charge is 2.27. The molecule has 348 valence electrons. The number of hydrogen-bond acceptors (Lipinski definition) is 2. The van der Waals surface area contributed by atoms with Crippen molar-refractivity contribution < 1.29 is 0 Å². The van der Waals surface area contributed by atoms with Crippen LogP contribution in [-0.4, -0.2) is 14.1 Å². The number of rotatable bonds is 7. The molecule has 3 heterocycles. The van der Waals surface area contributed by atoms with Gasteiger partial charge < -0.3 is 9.13 Å². The fraction of sp³-hybridized carbons (Fsp3) is 0.147. The second-order valence-electron chi connectivity index (χ2n) is 20.6. The minimum Gasteiger partial charge on any atom is -0.312 e. The summed E-state index contributed by atoms with van der Waals surface area (Å²) in [7, 11) is 0. The van der Waals surface area contributed by atoms with Gasteiger partial charge in [0.25, 0.3) is 0 Å². The predicted molar refractivity (Wildman–Crippen MR) is 302 cm³/mol. The highest BCUT2D eigenvalue weighted by atomic mass is 15.0. The Balaban J connectivity index is 1.16. The van der Waals surface area contributed by atoms with E-state index in [4.69, 9.17) is 0 Å². The second kappa shape index (κ2) is 17.4. The number of nitrogens with zero attached hydrogens (tertiary/aromatic N) is 4. The molecule has 0 saturated carbocycles. The smallest absolute Gasteiger partial charge is 0.104 e. The average Bonchev–Trinajstić information content (AvgIpc) is 3.86. The molecule has 1 aliphatic carbocycles. The first-order valence-electron chi connectivity index (χ1n) is 25.2. The van der Waals surface area contributed by atoms with E-state index in [9.17, 15) is 5.26 Å². The van der Waals surface area contributed by atoms with Crippen LogP contribution in [0.5, 0.6) is 0 Å². The van der Waals surface area contributed by atoms with E-state index in [1.54, 1.807) is 0 Å². The molecule has 4 nitrogen and oxygen atoms in total. The number of pyridine rings is 1. The van der Waals surface area contributed by atoms with Crippen LogP contribution in [-0.2, 0) is 6.42 Å². The lowest BCUT2D eigenvalue weighted by atomic mass is 9.89. The zero-order valence-corrected chi connectivity index (χ0v) is 42.4. The molecule has 12 rings (SSSR count). The van der Waals surface area contributed by atoms with Crippen LogP contribution >= 0.6 is 0 Å². The molecule has 0 N–H and O–H groups in total. The molecule has 0 unspecified atom stereocenters. The number of aryl methyl sites for hydroxylation is 8. The molecular formula is C68H56N4. The van der Waals surface area contributed by atoms with Crippen LogP contribution in [0.4, 0.5) is 0 Å². The molecule has 0 atom stereocenters. The summed E-state index contributed by atoms with van der Waals surface area (Å²) in [5.74, 6) is 0. The zero-order chi connectivity index (χ0) is 49.5. The topological polar surface area (TPSA) is 46.5 Å². The van der Waals surface area contributed by atoms with Gasteiger partial charge in [-0.25, -0.2) is 0 Å². The number of fused-ring (bicyclic) bond motifs is 6. The lowest BCUT2D eigenvalue weighted by Gasteiger charge is -2.21. The molecule has 0 spiro atoms. The van der Waals surface area contributed by atoms with Crippen molar-refractivity contribution in [1.82, 2.24) is 14.1 Å². The van der Waals surface area contributed by atoms with Gasteiger partial charge in [0.15, 0.2) is 0 Å². The number of hydrogen-bond donors (Lipinski definition) is 0. The number of nitriles is 1. The molecule has 0 fully saturated rings. The van der Waals surface area contributed by atoms with Crippen molar-refractivity contribution in [2.45, 2.75) is 68.2 Å². The number of allylic oxidation sites excluding steroid dienone is 1. The quantitative estimate of drug-likeness (QED) is 0.160. The standard InChI is InChI=1S/C68H56N4/c1-40-20-41(2)25-53(24-40)48-11-15-63-58(32-48)59-33-49(54-26-42(3)21-43(4)27-54)12-16-64(59)71(63)67-36-57(52-10-9-19-70-39-52)37-68(62(67)38-69)72-65-17-13-50(55-28-44(5)22-45(6)29-55)34-60(65)61-35-51(14-18-66(61)72)56-30-46(7)23-47(8)31-56/h9-13,15-17,19-37,39H,14,18H2,1-8H3. The van der Waals surface area contributed by atoms with Gasteiger partial charge >= 0.3 is 0 Å². The van der Waals surface area contributed by atoms with Crippen LogP contribution in [0, 0.1) is 66.7 Å². The van der Waals surface area contributed by atoms with Gasteiger partial charge in [-0.2, -0.15) is 5.26 Å². The Hall–Kier alpha value is -8.52. The Kier molecular flexibility index (Phi) is 10.8. The van der Waals surface area contributed by atoms with Gasteiger partial charge in [-0.3, -0.25) is 4.98 Å². The molecular weight excluding hydrogens is 873 g/mol. The molecule has 0 saturated heterocycles. The first kappa shape index (κ1) is 44.7. The third-order valence-electron chi connectivity index (χ3n) is 14.8. The number of aromatic nitrogens is 3. The van der Waals surface area contributed by atoms with E-state index >= 15 is 0 Å². The minimum absolute atomic E-state index is 0.611. The summed E-state index contributed by atoms with van der Waals surface area (Å²) in [6, 6.07) is 59.3. The van der Waals surface area contributed by atoms with Crippen molar-refractivity contribution in [3.05, 3.63) is 231 Å². The average molecular weight is 929 g/mol. The van der Waals surface area contributed by atoms with Crippen molar-refractivity contribution in [1.29, 1.82) is 5.26 Å². The van der Waals surface area contributed by atoms with E-state index in [1.165, 1.54) is 94.5 Å². The molecule has 3 aromatic heterocycles. The van der Waals surface area contributed by atoms with Crippen LogP contribution in [0.2, 0.25) is 0 Å². The summed E-state index contributed by atoms with van der Waals surface area (Å²) in [4.78, 5) is 4.62. The van der Waals surface area contributed by atoms with E-state index in [-0.39, 0.29) is 0 Å². The Morgan fingerprint density at radius 3 is 1.26 bits per heavy atom. The number of benzene rings is 8. The summed E-state index contributed by atoms with van der Waals surface area (Å²) in [6.07, 6.45) is 7.89. The predicted octanol–water partition coefficient (Wildman–Crippen LogP) is 17.6. The van der Waals surface area contributed by atoms with E-state index in [1.807, 2.05) is 18.5 Å². The first-order chi connectivity index (χ1) is 34.8. The van der Waals surface area contributed by atoms with Crippen LogP contribution in [0.15, 0.2) is 164 Å². The van der Waals surface area contributed by atoms with Gasteiger partial charge in [0.2, 0.25) is 0 Å². The SMILES string of the molecule is Cc1cc(C)cc(C2=Cc3c(n(-c4cc(-c5cccnc5)cc(-n5c6ccc(-c7cc(C)cc(C)c7)cc6c6cc(-c7cc(C)cc(C)c7)ccc65)c4C#N)c4ccc(-c5cc(C)cc(C)c5)cc34)CC2)c1. The lowest BCUT2D eigenvalue weighted by molar-refractivity contribution is 0.895. The molecule has 11 aromatic rings. The molecule has 0 aliphatic heterocycles. The van der Waals surface area contributed by atoms with Gasteiger partial charge in [0, 0.05) is 45.4 Å². The van der Waals surface area contributed by atoms with E-state index < -0.39 is 0 Å². The zero-order valence-electron chi connectivity index (χ0n) is 42.4. The normalized spacial score (nSPS) is 12.4. The fourth-order valence-electron chi connectivity index (χ4n) is 12.0. The first-order valence-corrected chi connectivity index (χ1v) is 25.2. The molecule has 0 amide bonds. The minimum atomic E-state index is 0.611. The Bertz CT molecular complexity index is 3940. The third kappa shape index (κ3) is 7.83. The lowest BCUT2D eigenvalue weighted by Crippen LogP contribution is -2.09. The van der Waals surface area contributed by atoms with Crippen molar-refractivity contribution in [3.8, 4) is 62.0 Å². The summed E-state index contributed by atoms with van der Waals surface area (Å²) >= 11 is 0. The maximum atomic E-state index is 11.9. The maximum Gasteiger partial charge on any atom is 0.104 e. The summed E-state index contributed by atoms with van der Waals surface area (Å²) in [5, 5.41) is 15.3. The fourth-order valence-corrected chi connectivity index (χ4v) is 12.0. The molecule has 0 radical (unpaired) electrons. The Labute approximate surface area is 422 Å². The van der Waals surface area contributed by atoms with Gasteiger partial charge in [0.05, 0.1) is 27.9 Å². The van der Waals surface area contributed by atoms with Gasteiger partial charge in [-0.05, 0) is 179 Å². The van der Waals surface area contributed by atoms with E-state index in [0.717, 1.165) is 73.8 Å². The van der Waals surface area contributed by atoms with Crippen molar-refractivity contribution in [3.63, 3.8) is 0 Å². The van der Waals surface area contributed by atoms with E-state index in [0.29, 0.717) is 5.56 Å². The molecule has 4 heteroatoms.